The number of rotatable bonds is 1. The van der Waals surface area contributed by atoms with Crippen molar-refractivity contribution in [2.45, 2.75) is 6.42 Å². The molecule has 1 saturated carbocycles. The van der Waals surface area contributed by atoms with Crippen LogP contribution < -0.4 is 5.32 Å². The summed E-state index contributed by atoms with van der Waals surface area (Å²) in [7, 11) is 1.47. The van der Waals surface area contributed by atoms with Crippen LogP contribution in [0.2, 0.25) is 0 Å². The number of methoxy groups -OCH3 is 1. The topological polar surface area (TPSA) is 38.3 Å². The van der Waals surface area contributed by atoms with Crippen LogP contribution >= 0.6 is 0 Å². The van der Waals surface area contributed by atoms with Gasteiger partial charge in [0.15, 0.2) is 0 Å². The van der Waals surface area contributed by atoms with Crippen LogP contribution in [0.15, 0.2) is 0 Å². The highest BCUT2D eigenvalue weighted by molar-refractivity contribution is 5.74. The third-order valence-electron chi connectivity index (χ3n) is 2.97. The van der Waals surface area contributed by atoms with Crippen LogP contribution in [0.5, 0.6) is 0 Å². The van der Waals surface area contributed by atoms with Crippen molar-refractivity contribution in [3.8, 4) is 0 Å². The van der Waals surface area contributed by atoms with Crippen LogP contribution in [0.4, 0.5) is 0 Å². The number of nitrogens with one attached hydrogen (secondary N) is 1. The van der Waals surface area contributed by atoms with Gasteiger partial charge in [0, 0.05) is 0 Å². The SMILES string of the molecule is COC(=O)[C@H]1C[C@@H]2CNC[C@@H]21. The number of fused-ring (bicyclic) bond motifs is 1. The van der Waals surface area contributed by atoms with Crippen LogP contribution in [-0.4, -0.2) is 26.2 Å². The van der Waals surface area contributed by atoms with E-state index in [-0.39, 0.29) is 11.9 Å². The summed E-state index contributed by atoms with van der Waals surface area (Å²) in [6.45, 7) is 2.10. The fraction of sp³-hybridized carbons (Fsp3) is 0.875. The molecule has 0 radical (unpaired) electrons. The van der Waals surface area contributed by atoms with Crippen LogP contribution in [0.1, 0.15) is 6.42 Å². The molecule has 2 aliphatic rings. The van der Waals surface area contributed by atoms with Crippen molar-refractivity contribution in [3.05, 3.63) is 0 Å². The Morgan fingerprint density at radius 1 is 1.55 bits per heavy atom. The summed E-state index contributed by atoms with van der Waals surface area (Å²) in [6.07, 6.45) is 1.03. The first-order chi connectivity index (χ1) is 5.33. The maximum absolute atomic E-state index is 11.1. The first kappa shape index (κ1) is 7.10. The van der Waals surface area contributed by atoms with Gasteiger partial charge in [0.1, 0.15) is 0 Å². The predicted molar refractivity (Wildman–Crippen MR) is 40.0 cm³/mol. The maximum atomic E-state index is 11.1. The molecule has 1 N–H and O–H groups in total. The van der Waals surface area contributed by atoms with Crippen molar-refractivity contribution in [1.82, 2.24) is 5.32 Å². The second kappa shape index (κ2) is 2.48. The third-order valence-corrected chi connectivity index (χ3v) is 2.97. The van der Waals surface area contributed by atoms with Gasteiger partial charge in [-0.3, -0.25) is 4.79 Å². The first-order valence-electron chi connectivity index (χ1n) is 4.11. The minimum absolute atomic E-state index is 0.0186. The lowest BCUT2D eigenvalue weighted by Gasteiger charge is -2.37. The fourth-order valence-corrected chi connectivity index (χ4v) is 2.21. The van der Waals surface area contributed by atoms with Crippen LogP contribution in [0, 0.1) is 17.8 Å². The summed E-state index contributed by atoms with van der Waals surface area (Å²) >= 11 is 0. The van der Waals surface area contributed by atoms with Crippen molar-refractivity contribution in [2.75, 3.05) is 20.2 Å². The van der Waals surface area contributed by atoms with E-state index in [1.54, 1.807) is 0 Å². The fourth-order valence-electron chi connectivity index (χ4n) is 2.21. The molecule has 0 spiro atoms. The molecule has 1 aliphatic carbocycles. The number of carbonyl (C=O) groups is 1. The Balaban J connectivity index is 1.94. The standard InChI is InChI=1S/C8H13NO2/c1-11-8(10)6-2-5-3-9-4-7(5)6/h5-7,9H,2-4H2,1H3/t5-,6+,7+/m1/s1. The summed E-state index contributed by atoms with van der Waals surface area (Å²) in [4.78, 5) is 11.1. The molecule has 0 bridgehead atoms. The van der Waals surface area contributed by atoms with E-state index in [1.807, 2.05) is 0 Å². The first-order valence-corrected chi connectivity index (χ1v) is 4.11. The highest BCUT2D eigenvalue weighted by Crippen LogP contribution is 2.42. The molecule has 0 aromatic rings. The van der Waals surface area contributed by atoms with E-state index in [2.05, 4.69) is 5.32 Å². The molecule has 3 heteroatoms. The van der Waals surface area contributed by atoms with E-state index >= 15 is 0 Å². The van der Waals surface area contributed by atoms with Crippen LogP contribution in [-0.2, 0) is 9.53 Å². The van der Waals surface area contributed by atoms with Crippen molar-refractivity contribution in [2.24, 2.45) is 17.8 Å². The summed E-state index contributed by atoms with van der Waals surface area (Å²) in [6, 6.07) is 0. The van der Waals surface area contributed by atoms with E-state index in [0.29, 0.717) is 5.92 Å². The van der Waals surface area contributed by atoms with Gasteiger partial charge in [0.25, 0.3) is 0 Å². The maximum Gasteiger partial charge on any atom is 0.309 e. The number of hydrogen-bond donors (Lipinski definition) is 1. The molecule has 1 saturated heterocycles. The van der Waals surface area contributed by atoms with Gasteiger partial charge in [-0.05, 0) is 31.3 Å². The predicted octanol–water partition coefficient (Wildman–Crippen LogP) is 0.0149. The molecule has 62 valence electrons. The van der Waals surface area contributed by atoms with Gasteiger partial charge in [0.2, 0.25) is 0 Å². The Hall–Kier alpha value is -0.570. The zero-order chi connectivity index (χ0) is 7.84. The molecule has 0 unspecified atom stereocenters. The largest absolute Gasteiger partial charge is 0.469 e. The zero-order valence-electron chi connectivity index (χ0n) is 6.67. The lowest BCUT2D eigenvalue weighted by atomic mass is 9.67. The molecule has 0 aromatic heterocycles. The molecule has 3 atom stereocenters. The molecule has 0 amide bonds. The normalized spacial score (nSPS) is 41.0. The Morgan fingerprint density at radius 2 is 2.36 bits per heavy atom. The minimum atomic E-state index is -0.0186. The second-order valence-electron chi connectivity index (χ2n) is 3.45. The Labute approximate surface area is 66.1 Å². The summed E-state index contributed by atoms with van der Waals surface area (Å²) in [5.74, 6) is 1.50. The van der Waals surface area contributed by atoms with Gasteiger partial charge in [-0.1, -0.05) is 0 Å². The van der Waals surface area contributed by atoms with Crippen LogP contribution in [0.3, 0.4) is 0 Å². The molecule has 1 aliphatic heterocycles. The average Bonchev–Trinajstić information content (AvgIpc) is 2.32. The van der Waals surface area contributed by atoms with Crippen molar-refractivity contribution >= 4 is 5.97 Å². The minimum Gasteiger partial charge on any atom is -0.469 e. The molecule has 3 nitrogen and oxygen atoms in total. The van der Waals surface area contributed by atoms with E-state index in [0.717, 1.165) is 25.4 Å². The second-order valence-corrected chi connectivity index (χ2v) is 3.45. The van der Waals surface area contributed by atoms with Crippen LogP contribution in [0.25, 0.3) is 0 Å². The monoisotopic (exact) mass is 155 g/mol. The van der Waals surface area contributed by atoms with E-state index < -0.39 is 0 Å². The Kier molecular flexibility index (Phi) is 1.60. The molecule has 0 aromatic carbocycles. The summed E-state index contributed by atoms with van der Waals surface area (Å²) < 4.78 is 4.70. The molecule has 2 fully saturated rings. The number of hydrogen-bond acceptors (Lipinski definition) is 3. The lowest BCUT2D eigenvalue weighted by Crippen LogP contribution is -2.41. The van der Waals surface area contributed by atoms with E-state index in [9.17, 15) is 4.79 Å². The van der Waals surface area contributed by atoms with E-state index in [1.165, 1.54) is 7.11 Å². The molecule has 11 heavy (non-hydrogen) atoms. The van der Waals surface area contributed by atoms with E-state index in [4.69, 9.17) is 4.74 Å². The van der Waals surface area contributed by atoms with Gasteiger partial charge < -0.3 is 10.1 Å². The smallest absolute Gasteiger partial charge is 0.309 e. The summed E-state index contributed by atoms with van der Waals surface area (Å²) in [5.41, 5.74) is 0. The van der Waals surface area contributed by atoms with Gasteiger partial charge in [-0.25, -0.2) is 0 Å². The van der Waals surface area contributed by atoms with Gasteiger partial charge in [-0.15, -0.1) is 0 Å². The Bertz CT molecular complexity index is 181. The highest BCUT2D eigenvalue weighted by Gasteiger charge is 2.47. The van der Waals surface area contributed by atoms with Gasteiger partial charge in [0.05, 0.1) is 13.0 Å². The van der Waals surface area contributed by atoms with Crippen molar-refractivity contribution < 1.29 is 9.53 Å². The molecular weight excluding hydrogens is 142 g/mol. The van der Waals surface area contributed by atoms with Gasteiger partial charge in [-0.2, -0.15) is 0 Å². The number of ether oxygens (including phenoxy) is 1. The summed E-state index contributed by atoms with van der Waals surface area (Å²) in [5, 5.41) is 3.29. The number of carbonyl (C=O) groups excluding carboxylic acids is 1. The Morgan fingerprint density at radius 3 is 3.00 bits per heavy atom. The molecule has 1 heterocycles. The highest BCUT2D eigenvalue weighted by atomic mass is 16.5. The van der Waals surface area contributed by atoms with Gasteiger partial charge >= 0.3 is 5.97 Å². The zero-order valence-corrected chi connectivity index (χ0v) is 6.67. The lowest BCUT2D eigenvalue weighted by molar-refractivity contribution is -0.153. The molecular formula is C8H13NO2. The third kappa shape index (κ3) is 0.948. The van der Waals surface area contributed by atoms with Crippen molar-refractivity contribution in [3.63, 3.8) is 0 Å². The number of esters is 1. The average molecular weight is 155 g/mol. The van der Waals surface area contributed by atoms with Crippen molar-refractivity contribution in [1.29, 1.82) is 0 Å². The quantitative estimate of drug-likeness (QED) is 0.542. The molecule has 2 rings (SSSR count).